The van der Waals surface area contributed by atoms with E-state index in [0.29, 0.717) is 24.5 Å². The molecule has 2 N–H and O–H groups in total. The Bertz CT molecular complexity index is 541. The van der Waals surface area contributed by atoms with Crippen molar-refractivity contribution < 1.29 is 18.7 Å². The lowest BCUT2D eigenvalue weighted by Crippen LogP contribution is -2.33. The number of carbonyl (C=O) groups is 1. The van der Waals surface area contributed by atoms with Gasteiger partial charge in [-0.3, -0.25) is 4.79 Å². The second-order valence-electron chi connectivity index (χ2n) is 6.06. The molecule has 0 aliphatic carbocycles. The molecule has 3 rings (SSSR count). The molecule has 1 amide bonds. The minimum absolute atomic E-state index is 0.150. The maximum Gasteiger partial charge on any atom is 0.253 e. The van der Waals surface area contributed by atoms with Crippen LogP contribution in [0, 0.1) is 5.82 Å². The molecule has 0 bridgehead atoms. The molecule has 126 valence electrons. The van der Waals surface area contributed by atoms with Crippen LogP contribution in [0.3, 0.4) is 0 Å². The van der Waals surface area contributed by atoms with Gasteiger partial charge in [-0.2, -0.15) is 0 Å². The van der Waals surface area contributed by atoms with Crippen LogP contribution in [0.25, 0.3) is 0 Å². The third-order valence-electron chi connectivity index (χ3n) is 4.25. The lowest BCUT2D eigenvalue weighted by molar-refractivity contribution is -0.129. The number of amides is 1. The van der Waals surface area contributed by atoms with E-state index in [9.17, 15) is 9.18 Å². The van der Waals surface area contributed by atoms with Crippen molar-refractivity contribution >= 4 is 17.3 Å². The average Bonchev–Trinajstić information content (AvgIpc) is 3.08. The van der Waals surface area contributed by atoms with Crippen molar-refractivity contribution in [1.29, 1.82) is 0 Å². The minimum Gasteiger partial charge on any atom is -0.380 e. The zero-order valence-electron chi connectivity index (χ0n) is 13.1. The number of nitrogens with one attached hydrogen (secondary N) is 2. The van der Waals surface area contributed by atoms with Crippen molar-refractivity contribution in [3.05, 3.63) is 24.0 Å². The molecule has 23 heavy (non-hydrogen) atoms. The predicted octanol–water partition coefficient (Wildman–Crippen LogP) is 2.92. The lowest BCUT2D eigenvalue weighted by atomic mass is 10.1. The van der Waals surface area contributed by atoms with Gasteiger partial charge in [0.1, 0.15) is 11.9 Å². The smallest absolute Gasteiger partial charge is 0.253 e. The quantitative estimate of drug-likeness (QED) is 0.875. The molecule has 0 saturated carbocycles. The van der Waals surface area contributed by atoms with Crippen LogP contribution in [0.4, 0.5) is 15.8 Å². The first-order valence-corrected chi connectivity index (χ1v) is 8.30. The maximum absolute atomic E-state index is 14.1. The van der Waals surface area contributed by atoms with Gasteiger partial charge in [0.2, 0.25) is 0 Å². The number of hydrogen-bond acceptors (Lipinski definition) is 4. The largest absolute Gasteiger partial charge is 0.380 e. The molecule has 2 atom stereocenters. The van der Waals surface area contributed by atoms with Gasteiger partial charge >= 0.3 is 0 Å². The number of rotatable bonds is 5. The first kappa shape index (κ1) is 16.2. The van der Waals surface area contributed by atoms with Crippen LogP contribution in [0.2, 0.25) is 0 Å². The van der Waals surface area contributed by atoms with Crippen molar-refractivity contribution in [2.24, 2.45) is 0 Å². The molecule has 2 aliphatic rings. The monoisotopic (exact) mass is 322 g/mol. The molecule has 2 aliphatic heterocycles. The summed E-state index contributed by atoms with van der Waals surface area (Å²) in [7, 11) is 0. The van der Waals surface area contributed by atoms with E-state index in [0.717, 1.165) is 38.7 Å². The second-order valence-corrected chi connectivity index (χ2v) is 6.06. The minimum atomic E-state index is -0.427. The Hall–Kier alpha value is -1.66. The summed E-state index contributed by atoms with van der Waals surface area (Å²) in [6, 6.07) is 4.67. The van der Waals surface area contributed by atoms with E-state index >= 15 is 0 Å². The Kier molecular flexibility index (Phi) is 5.46. The fraction of sp³-hybridized carbons (Fsp3) is 0.588. The van der Waals surface area contributed by atoms with Gasteiger partial charge in [-0.1, -0.05) is 0 Å². The number of halogens is 1. The normalized spacial score (nSPS) is 24.4. The van der Waals surface area contributed by atoms with E-state index in [1.165, 1.54) is 6.07 Å². The van der Waals surface area contributed by atoms with Gasteiger partial charge in [-0.25, -0.2) is 4.39 Å². The molecule has 2 saturated heterocycles. The Morgan fingerprint density at radius 3 is 2.74 bits per heavy atom. The topological polar surface area (TPSA) is 59.6 Å². The Morgan fingerprint density at radius 1 is 1.17 bits per heavy atom. The van der Waals surface area contributed by atoms with Crippen LogP contribution < -0.4 is 10.6 Å². The Morgan fingerprint density at radius 2 is 2.04 bits per heavy atom. The highest BCUT2D eigenvalue weighted by atomic mass is 19.1. The second kappa shape index (κ2) is 7.75. The number of benzene rings is 1. The maximum atomic E-state index is 14.1. The molecule has 5 nitrogen and oxygen atoms in total. The summed E-state index contributed by atoms with van der Waals surface area (Å²) in [5, 5.41) is 5.78. The first-order chi connectivity index (χ1) is 11.2. The van der Waals surface area contributed by atoms with Gasteiger partial charge in [-0.15, -0.1) is 0 Å². The molecular formula is C17H23FN2O3. The number of hydrogen-bond donors (Lipinski definition) is 2. The first-order valence-electron chi connectivity index (χ1n) is 8.30. The molecule has 6 heteroatoms. The summed E-state index contributed by atoms with van der Waals surface area (Å²) in [5.41, 5.74) is 0.872. The molecule has 0 radical (unpaired) electrons. The van der Waals surface area contributed by atoms with Crippen LogP contribution >= 0.6 is 0 Å². The van der Waals surface area contributed by atoms with Crippen LogP contribution in [0.1, 0.15) is 32.1 Å². The van der Waals surface area contributed by atoms with Crippen molar-refractivity contribution in [1.82, 2.24) is 0 Å². The summed E-state index contributed by atoms with van der Waals surface area (Å²) in [5.74, 6) is -0.588. The standard InChI is InChI=1S/C17H23FN2O3/c18-14-10-12(20-17(21)16-5-1-2-8-23-16)6-7-15(14)19-11-13-4-3-9-22-13/h6-7,10,13,16,19H,1-5,8-9,11H2,(H,20,21)/t13-,16-/m0/s1. The number of anilines is 2. The van der Waals surface area contributed by atoms with Crippen molar-refractivity contribution in [2.75, 3.05) is 30.4 Å². The van der Waals surface area contributed by atoms with E-state index in [2.05, 4.69) is 10.6 Å². The third kappa shape index (κ3) is 4.42. The van der Waals surface area contributed by atoms with E-state index in [4.69, 9.17) is 9.47 Å². The van der Waals surface area contributed by atoms with Gasteiger partial charge in [-0.05, 0) is 50.3 Å². The highest BCUT2D eigenvalue weighted by Crippen LogP contribution is 2.21. The van der Waals surface area contributed by atoms with Gasteiger partial charge in [0, 0.05) is 25.4 Å². The summed E-state index contributed by atoms with van der Waals surface area (Å²) < 4.78 is 25.1. The molecule has 1 aromatic rings. The zero-order chi connectivity index (χ0) is 16.1. The summed E-state index contributed by atoms with van der Waals surface area (Å²) in [6.07, 6.45) is 4.48. The van der Waals surface area contributed by atoms with E-state index in [1.807, 2.05) is 0 Å². The number of carbonyl (C=O) groups excluding carboxylic acids is 1. The molecule has 0 aromatic heterocycles. The van der Waals surface area contributed by atoms with Crippen LogP contribution in [-0.4, -0.2) is 37.9 Å². The summed E-state index contributed by atoms with van der Waals surface area (Å²) in [4.78, 5) is 12.1. The average molecular weight is 322 g/mol. The van der Waals surface area contributed by atoms with E-state index in [-0.39, 0.29) is 17.8 Å². The molecule has 1 aromatic carbocycles. The van der Waals surface area contributed by atoms with Crippen LogP contribution in [0.5, 0.6) is 0 Å². The van der Waals surface area contributed by atoms with Gasteiger partial charge in [0.15, 0.2) is 0 Å². The highest BCUT2D eigenvalue weighted by Gasteiger charge is 2.22. The zero-order valence-corrected chi connectivity index (χ0v) is 13.1. The van der Waals surface area contributed by atoms with E-state index in [1.54, 1.807) is 12.1 Å². The Labute approximate surface area is 135 Å². The molecule has 0 spiro atoms. The lowest BCUT2D eigenvalue weighted by Gasteiger charge is -2.21. The van der Waals surface area contributed by atoms with Crippen LogP contribution in [0.15, 0.2) is 18.2 Å². The third-order valence-corrected chi connectivity index (χ3v) is 4.25. The van der Waals surface area contributed by atoms with Crippen molar-refractivity contribution in [3.63, 3.8) is 0 Å². The van der Waals surface area contributed by atoms with Gasteiger partial charge in [0.05, 0.1) is 11.8 Å². The molecule has 2 fully saturated rings. The van der Waals surface area contributed by atoms with Crippen molar-refractivity contribution in [2.45, 2.75) is 44.3 Å². The Balaban J connectivity index is 1.54. The summed E-state index contributed by atoms with van der Waals surface area (Å²) >= 11 is 0. The fourth-order valence-corrected chi connectivity index (χ4v) is 2.94. The highest BCUT2D eigenvalue weighted by molar-refractivity contribution is 5.94. The van der Waals surface area contributed by atoms with Crippen molar-refractivity contribution in [3.8, 4) is 0 Å². The molecule has 0 unspecified atom stereocenters. The van der Waals surface area contributed by atoms with Gasteiger partial charge in [0.25, 0.3) is 5.91 Å². The fourth-order valence-electron chi connectivity index (χ4n) is 2.94. The predicted molar refractivity (Wildman–Crippen MR) is 86.1 cm³/mol. The molecular weight excluding hydrogens is 299 g/mol. The number of ether oxygens (including phenoxy) is 2. The molecule has 2 heterocycles. The van der Waals surface area contributed by atoms with E-state index < -0.39 is 6.10 Å². The SMILES string of the molecule is O=C(Nc1ccc(NC[C@@H]2CCCO2)c(F)c1)[C@@H]1CCCCO1. The summed E-state index contributed by atoms with van der Waals surface area (Å²) in [6.45, 7) is 1.99. The van der Waals surface area contributed by atoms with Gasteiger partial charge < -0.3 is 20.1 Å². The van der Waals surface area contributed by atoms with Crippen LogP contribution in [-0.2, 0) is 14.3 Å².